The van der Waals surface area contributed by atoms with E-state index in [9.17, 15) is 9.59 Å². The van der Waals surface area contributed by atoms with Crippen molar-refractivity contribution in [3.63, 3.8) is 0 Å². The Hall–Kier alpha value is -2.38. The predicted molar refractivity (Wildman–Crippen MR) is 99.0 cm³/mol. The van der Waals surface area contributed by atoms with E-state index in [-0.39, 0.29) is 12.3 Å². The third-order valence-corrected chi connectivity index (χ3v) is 4.79. The standard InChI is InChI=1S/C18H20N4O2S/c1-18(2,3)13(23)10-22-12-7-5-4-6-11(12)14(16-20-8-9-25-16)21-15(19)17(22)24/h4-9,15H,10,19H2,1-3H3/t15-/m0/s1. The van der Waals surface area contributed by atoms with Gasteiger partial charge in [-0.15, -0.1) is 11.3 Å². The van der Waals surface area contributed by atoms with E-state index in [4.69, 9.17) is 5.73 Å². The molecule has 0 aliphatic carbocycles. The van der Waals surface area contributed by atoms with Gasteiger partial charge in [-0.1, -0.05) is 39.0 Å². The number of anilines is 1. The highest BCUT2D eigenvalue weighted by molar-refractivity contribution is 7.12. The number of Topliss-reactive ketones (excluding diaryl/α,β-unsaturated/α-hetero) is 1. The Morgan fingerprint density at radius 2 is 2.04 bits per heavy atom. The maximum atomic E-state index is 12.8. The first-order valence-electron chi connectivity index (χ1n) is 7.96. The Balaban J connectivity index is 2.11. The Kier molecular flexibility index (Phi) is 4.53. The Labute approximate surface area is 150 Å². The summed E-state index contributed by atoms with van der Waals surface area (Å²) in [5, 5.41) is 2.54. The number of amides is 1. The lowest BCUT2D eigenvalue weighted by molar-refractivity contribution is -0.127. The molecule has 25 heavy (non-hydrogen) atoms. The number of fused-ring (bicyclic) bond motifs is 1. The van der Waals surface area contributed by atoms with E-state index in [1.165, 1.54) is 16.2 Å². The predicted octanol–water partition coefficient (Wildman–Crippen LogP) is 2.23. The lowest BCUT2D eigenvalue weighted by Crippen LogP contribution is -2.46. The third kappa shape index (κ3) is 3.38. The Morgan fingerprint density at radius 3 is 2.68 bits per heavy atom. The highest BCUT2D eigenvalue weighted by Crippen LogP contribution is 2.29. The first kappa shape index (κ1) is 17.4. The number of nitrogens with two attached hydrogens (primary N) is 1. The van der Waals surface area contributed by atoms with Crippen molar-refractivity contribution in [1.29, 1.82) is 0 Å². The van der Waals surface area contributed by atoms with E-state index in [0.717, 1.165) is 5.56 Å². The van der Waals surface area contributed by atoms with E-state index in [0.29, 0.717) is 16.4 Å². The van der Waals surface area contributed by atoms with Gasteiger partial charge in [0.25, 0.3) is 5.91 Å². The number of carbonyl (C=O) groups is 2. The van der Waals surface area contributed by atoms with Crippen LogP contribution in [0, 0.1) is 5.41 Å². The van der Waals surface area contributed by atoms with Crippen molar-refractivity contribution in [2.45, 2.75) is 26.9 Å². The summed E-state index contributed by atoms with van der Waals surface area (Å²) in [6.07, 6.45) is 0.614. The van der Waals surface area contributed by atoms with Crippen LogP contribution in [0.3, 0.4) is 0 Å². The van der Waals surface area contributed by atoms with Crippen LogP contribution < -0.4 is 10.6 Å². The van der Waals surface area contributed by atoms with Gasteiger partial charge in [0.1, 0.15) is 10.7 Å². The number of hydrogen-bond acceptors (Lipinski definition) is 6. The number of rotatable bonds is 3. The van der Waals surface area contributed by atoms with Gasteiger partial charge in [-0.2, -0.15) is 0 Å². The highest BCUT2D eigenvalue weighted by atomic mass is 32.1. The Bertz CT molecular complexity index is 837. The molecule has 7 heteroatoms. The molecule has 1 amide bonds. The smallest absolute Gasteiger partial charge is 0.266 e. The van der Waals surface area contributed by atoms with E-state index >= 15 is 0 Å². The minimum absolute atomic E-state index is 0.0340. The van der Waals surface area contributed by atoms with Crippen molar-refractivity contribution in [2.75, 3.05) is 11.4 Å². The van der Waals surface area contributed by atoms with Crippen LogP contribution in [0.25, 0.3) is 0 Å². The molecule has 130 valence electrons. The molecular weight excluding hydrogens is 336 g/mol. The van der Waals surface area contributed by atoms with Gasteiger partial charge in [0, 0.05) is 22.6 Å². The van der Waals surface area contributed by atoms with Crippen LogP contribution in [0.4, 0.5) is 5.69 Å². The minimum atomic E-state index is -1.07. The molecule has 0 bridgehead atoms. The van der Waals surface area contributed by atoms with Crippen LogP contribution in [0.2, 0.25) is 0 Å². The summed E-state index contributed by atoms with van der Waals surface area (Å²) >= 11 is 1.43. The van der Waals surface area contributed by atoms with Crippen molar-refractivity contribution in [1.82, 2.24) is 4.98 Å². The van der Waals surface area contributed by atoms with Crippen molar-refractivity contribution in [3.8, 4) is 0 Å². The van der Waals surface area contributed by atoms with Gasteiger partial charge in [0.2, 0.25) is 0 Å². The second-order valence-electron chi connectivity index (χ2n) is 6.87. The minimum Gasteiger partial charge on any atom is -0.302 e. The number of hydrogen-bond donors (Lipinski definition) is 1. The normalized spacial score (nSPS) is 17.8. The van der Waals surface area contributed by atoms with Crippen molar-refractivity contribution < 1.29 is 9.59 Å². The van der Waals surface area contributed by atoms with E-state index in [1.807, 2.05) is 50.4 Å². The average Bonchev–Trinajstić information content (AvgIpc) is 3.07. The quantitative estimate of drug-likeness (QED) is 0.913. The van der Waals surface area contributed by atoms with Gasteiger partial charge in [0.15, 0.2) is 11.9 Å². The molecule has 0 radical (unpaired) electrons. The molecule has 1 aromatic heterocycles. The largest absolute Gasteiger partial charge is 0.302 e. The fraction of sp³-hybridized carbons (Fsp3) is 0.333. The van der Waals surface area contributed by atoms with E-state index in [1.54, 1.807) is 6.20 Å². The van der Waals surface area contributed by atoms with E-state index in [2.05, 4.69) is 9.98 Å². The summed E-state index contributed by atoms with van der Waals surface area (Å²) in [5.41, 5.74) is 7.43. The molecule has 2 heterocycles. The summed E-state index contributed by atoms with van der Waals surface area (Å²) in [6.45, 7) is 5.47. The van der Waals surface area contributed by atoms with Crippen LogP contribution in [0.5, 0.6) is 0 Å². The maximum Gasteiger partial charge on any atom is 0.266 e. The molecule has 2 N–H and O–H groups in total. The molecule has 6 nitrogen and oxygen atoms in total. The first-order valence-corrected chi connectivity index (χ1v) is 8.84. The summed E-state index contributed by atoms with van der Waals surface area (Å²) < 4.78 is 0. The van der Waals surface area contributed by atoms with Crippen LogP contribution >= 0.6 is 11.3 Å². The molecule has 3 rings (SSSR count). The summed E-state index contributed by atoms with van der Waals surface area (Å²) in [6, 6.07) is 7.38. The number of para-hydroxylation sites is 1. The Morgan fingerprint density at radius 1 is 1.32 bits per heavy atom. The highest BCUT2D eigenvalue weighted by Gasteiger charge is 2.34. The number of nitrogens with zero attached hydrogens (tertiary/aromatic N) is 3. The topological polar surface area (TPSA) is 88.7 Å². The van der Waals surface area contributed by atoms with Crippen LogP contribution in [0.1, 0.15) is 31.3 Å². The van der Waals surface area contributed by atoms with Crippen LogP contribution in [-0.4, -0.2) is 35.1 Å². The average molecular weight is 356 g/mol. The number of aromatic nitrogens is 1. The van der Waals surface area contributed by atoms with Crippen LogP contribution in [-0.2, 0) is 9.59 Å². The lowest BCUT2D eigenvalue weighted by atomic mass is 9.90. The molecule has 1 atom stereocenters. The maximum absolute atomic E-state index is 12.8. The lowest BCUT2D eigenvalue weighted by Gasteiger charge is -2.27. The number of benzene rings is 1. The molecule has 2 aromatic rings. The van der Waals surface area contributed by atoms with Crippen molar-refractivity contribution in [2.24, 2.45) is 16.1 Å². The molecule has 1 aliphatic rings. The second kappa shape index (κ2) is 6.50. The summed E-state index contributed by atoms with van der Waals surface area (Å²) in [4.78, 5) is 35.5. The third-order valence-electron chi connectivity index (χ3n) is 4.01. The van der Waals surface area contributed by atoms with Crippen molar-refractivity contribution in [3.05, 3.63) is 46.4 Å². The first-order chi connectivity index (χ1) is 11.8. The molecule has 0 saturated carbocycles. The zero-order valence-corrected chi connectivity index (χ0v) is 15.2. The van der Waals surface area contributed by atoms with Gasteiger partial charge in [-0.3, -0.25) is 14.6 Å². The molecule has 0 fully saturated rings. The zero-order valence-electron chi connectivity index (χ0n) is 14.4. The molecule has 0 saturated heterocycles. The number of aliphatic imine (C=N–C) groups is 1. The number of benzodiazepines with no additional fused rings is 1. The van der Waals surface area contributed by atoms with Gasteiger partial charge in [0.05, 0.1) is 12.2 Å². The zero-order chi connectivity index (χ0) is 18.2. The molecular formula is C18H20N4O2S. The monoisotopic (exact) mass is 356 g/mol. The molecule has 0 spiro atoms. The van der Waals surface area contributed by atoms with Crippen LogP contribution in [0.15, 0.2) is 40.8 Å². The van der Waals surface area contributed by atoms with Gasteiger partial charge in [-0.05, 0) is 6.07 Å². The summed E-state index contributed by atoms with van der Waals surface area (Å²) in [7, 11) is 0. The SMILES string of the molecule is CC(C)(C)C(=O)CN1C(=O)[C@@H](N)N=C(c2nccs2)c2ccccc21. The van der Waals surface area contributed by atoms with Crippen molar-refractivity contribution >= 4 is 34.4 Å². The molecule has 0 unspecified atom stereocenters. The molecule has 1 aromatic carbocycles. The number of thiazole rings is 1. The molecule has 1 aliphatic heterocycles. The van der Waals surface area contributed by atoms with E-state index < -0.39 is 17.5 Å². The van der Waals surface area contributed by atoms with Gasteiger partial charge in [-0.25, -0.2) is 4.98 Å². The second-order valence-corrected chi connectivity index (χ2v) is 7.77. The fourth-order valence-corrected chi connectivity index (χ4v) is 3.15. The summed E-state index contributed by atoms with van der Waals surface area (Å²) in [5.74, 6) is -0.433. The van der Waals surface area contributed by atoms with Gasteiger partial charge >= 0.3 is 0 Å². The fourth-order valence-electron chi connectivity index (χ4n) is 2.51. The number of ketones is 1. The number of carbonyl (C=O) groups excluding carboxylic acids is 2. The van der Waals surface area contributed by atoms with Gasteiger partial charge < -0.3 is 10.6 Å².